The maximum absolute atomic E-state index is 11.6. The van der Waals surface area contributed by atoms with Crippen molar-refractivity contribution in [2.45, 2.75) is 33.9 Å². The highest BCUT2D eigenvalue weighted by molar-refractivity contribution is 5.79. The molecule has 7 nitrogen and oxygen atoms in total. The van der Waals surface area contributed by atoms with E-state index in [0.717, 1.165) is 29.0 Å². The van der Waals surface area contributed by atoms with E-state index < -0.39 is 0 Å². The molecule has 0 heterocycles. The van der Waals surface area contributed by atoms with Gasteiger partial charge in [-0.25, -0.2) is 4.99 Å². The van der Waals surface area contributed by atoms with E-state index in [9.17, 15) is 4.79 Å². The summed E-state index contributed by atoms with van der Waals surface area (Å²) in [5, 5.41) is 9.31. The Morgan fingerprint density at radius 1 is 1.03 bits per heavy atom. The Labute approximate surface area is 178 Å². The number of rotatable bonds is 10. The van der Waals surface area contributed by atoms with Crippen LogP contribution in [0.4, 0.5) is 0 Å². The van der Waals surface area contributed by atoms with E-state index in [-0.39, 0.29) is 12.5 Å². The Bertz CT molecular complexity index is 852. The van der Waals surface area contributed by atoms with Crippen molar-refractivity contribution in [3.05, 3.63) is 59.2 Å². The number of carbonyl (C=O) groups excluding carboxylic acids is 1. The fourth-order valence-electron chi connectivity index (χ4n) is 2.82. The summed E-state index contributed by atoms with van der Waals surface area (Å²) < 4.78 is 11.0. The summed E-state index contributed by atoms with van der Waals surface area (Å²) in [5.74, 6) is 2.09. The molecule has 0 spiro atoms. The van der Waals surface area contributed by atoms with Gasteiger partial charge >= 0.3 is 0 Å². The van der Waals surface area contributed by atoms with Crippen molar-refractivity contribution >= 4 is 11.9 Å². The summed E-state index contributed by atoms with van der Waals surface area (Å²) in [7, 11) is 1.68. The van der Waals surface area contributed by atoms with Crippen LogP contribution in [0.2, 0.25) is 0 Å². The van der Waals surface area contributed by atoms with Crippen LogP contribution in [0.5, 0.6) is 11.5 Å². The summed E-state index contributed by atoms with van der Waals surface area (Å²) in [6, 6.07) is 13.8. The van der Waals surface area contributed by atoms with E-state index in [4.69, 9.17) is 9.47 Å². The first-order valence-electron chi connectivity index (χ1n) is 10.2. The third-order valence-corrected chi connectivity index (χ3v) is 4.30. The van der Waals surface area contributed by atoms with E-state index in [1.165, 1.54) is 0 Å². The molecule has 0 aromatic heterocycles. The van der Waals surface area contributed by atoms with Crippen molar-refractivity contribution in [2.24, 2.45) is 4.99 Å². The molecule has 162 valence electrons. The van der Waals surface area contributed by atoms with Crippen molar-refractivity contribution in [1.29, 1.82) is 0 Å². The fourth-order valence-corrected chi connectivity index (χ4v) is 2.82. The first-order valence-corrected chi connectivity index (χ1v) is 10.2. The van der Waals surface area contributed by atoms with Gasteiger partial charge in [-0.05, 0) is 50.1 Å². The molecule has 0 unspecified atom stereocenters. The Morgan fingerprint density at radius 2 is 1.83 bits per heavy atom. The van der Waals surface area contributed by atoms with Gasteiger partial charge in [0.25, 0.3) is 5.91 Å². The van der Waals surface area contributed by atoms with Gasteiger partial charge < -0.3 is 25.4 Å². The van der Waals surface area contributed by atoms with Gasteiger partial charge in [0.05, 0.1) is 13.7 Å². The highest BCUT2D eigenvalue weighted by Crippen LogP contribution is 2.19. The normalized spacial score (nSPS) is 11.0. The zero-order valence-corrected chi connectivity index (χ0v) is 18.2. The molecule has 3 N–H and O–H groups in total. The molecular weight excluding hydrogens is 380 g/mol. The van der Waals surface area contributed by atoms with Crippen LogP contribution < -0.4 is 25.4 Å². The third kappa shape index (κ3) is 7.66. The minimum absolute atomic E-state index is 0.00311. The van der Waals surface area contributed by atoms with Crippen molar-refractivity contribution in [3.8, 4) is 11.5 Å². The fraction of sp³-hybridized carbons (Fsp3) is 0.391. The first-order chi connectivity index (χ1) is 14.5. The summed E-state index contributed by atoms with van der Waals surface area (Å²) in [6.07, 6.45) is 0. The van der Waals surface area contributed by atoms with Crippen LogP contribution in [0.25, 0.3) is 0 Å². The van der Waals surface area contributed by atoms with E-state index in [1.807, 2.05) is 51.1 Å². The standard InChI is InChI=1S/C23H32N4O3/c1-5-24-22(28)16-30-20-9-7-8-18(13-20)14-26-23(25-6-2)27-15-19-11-10-17(3)12-21(19)29-4/h7-13H,5-6,14-16H2,1-4H3,(H,24,28)(H2,25,26,27). The monoisotopic (exact) mass is 412 g/mol. The van der Waals surface area contributed by atoms with Crippen LogP contribution in [-0.2, 0) is 17.9 Å². The summed E-state index contributed by atoms with van der Waals surface area (Å²) in [6.45, 7) is 8.38. The number of hydrogen-bond acceptors (Lipinski definition) is 4. The van der Waals surface area contributed by atoms with Gasteiger partial charge in [-0.3, -0.25) is 4.79 Å². The van der Waals surface area contributed by atoms with Crippen LogP contribution in [0.3, 0.4) is 0 Å². The molecule has 0 saturated heterocycles. The topological polar surface area (TPSA) is 84.0 Å². The molecule has 2 aromatic carbocycles. The number of aliphatic imine (C=N–C) groups is 1. The van der Waals surface area contributed by atoms with Crippen molar-refractivity contribution < 1.29 is 14.3 Å². The number of guanidine groups is 1. The first kappa shape index (κ1) is 23.1. The van der Waals surface area contributed by atoms with E-state index >= 15 is 0 Å². The van der Waals surface area contributed by atoms with Crippen molar-refractivity contribution in [2.75, 3.05) is 26.8 Å². The molecule has 0 aliphatic heterocycles. The Morgan fingerprint density at radius 3 is 2.57 bits per heavy atom. The quantitative estimate of drug-likeness (QED) is 0.413. The Balaban J connectivity index is 1.99. The lowest BCUT2D eigenvalue weighted by Gasteiger charge is -2.14. The molecule has 0 bridgehead atoms. The number of amides is 1. The molecule has 2 aromatic rings. The number of ether oxygens (including phenoxy) is 2. The number of nitrogens with zero attached hydrogens (tertiary/aromatic N) is 1. The molecule has 1 amide bonds. The zero-order chi connectivity index (χ0) is 21.8. The zero-order valence-electron chi connectivity index (χ0n) is 18.2. The maximum atomic E-state index is 11.6. The number of carbonyl (C=O) groups is 1. The summed E-state index contributed by atoms with van der Waals surface area (Å²) in [4.78, 5) is 16.2. The van der Waals surface area contributed by atoms with Crippen LogP contribution >= 0.6 is 0 Å². The van der Waals surface area contributed by atoms with Gasteiger partial charge in [-0.2, -0.15) is 0 Å². The number of aryl methyl sites for hydroxylation is 1. The highest BCUT2D eigenvalue weighted by atomic mass is 16.5. The van der Waals surface area contributed by atoms with Crippen molar-refractivity contribution in [1.82, 2.24) is 16.0 Å². The number of nitrogens with one attached hydrogen (secondary N) is 3. The van der Waals surface area contributed by atoms with E-state index in [2.05, 4.69) is 33.1 Å². The molecule has 0 fully saturated rings. The minimum Gasteiger partial charge on any atom is -0.496 e. The van der Waals surface area contributed by atoms with Gasteiger partial charge in [-0.15, -0.1) is 0 Å². The number of likely N-dealkylation sites (N-methyl/N-ethyl adjacent to an activating group) is 1. The van der Waals surface area contributed by atoms with Gasteiger partial charge in [0.2, 0.25) is 0 Å². The molecule has 0 aliphatic rings. The number of methoxy groups -OCH3 is 1. The second-order valence-electron chi connectivity index (χ2n) is 6.75. The maximum Gasteiger partial charge on any atom is 0.257 e. The minimum atomic E-state index is -0.133. The summed E-state index contributed by atoms with van der Waals surface area (Å²) >= 11 is 0. The van der Waals surface area contributed by atoms with Crippen LogP contribution in [0.1, 0.15) is 30.5 Å². The predicted octanol–water partition coefficient (Wildman–Crippen LogP) is 2.77. The van der Waals surface area contributed by atoms with E-state index in [0.29, 0.717) is 31.3 Å². The average molecular weight is 413 g/mol. The van der Waals surface area contributed by atoms with E-state index in [1.54, 1.807) is 7.11 Å². The smallest absolute Gasteiger partial charge is 0.257 e. The summed E-state index contributed by atoms with van der Waals surface area (Å²) in [5.41, 5.74) is 3.22. The van der Waals surface area contributed by atoms with Gasteiger partial charge in [0.1, 0.15) is 11.5 Å². The second-order valence-corrected chi connectivity index (χ2v) is 6.75. The van der Waals surface area contributed by atoms with Crippen LogP contribution in [0.15, 0.2) is 47.5 Å². The molecule has 0 saturated carbocycles. The largest absolute Gasteiger partial charge is 0.496 e. The Hall–Kier alpha value is -3.22. The third-order valence-electron chi connectivity index (χ3n) is 4.30. The number of benzene rings is 2. The SMILES string of the molecule is CCNC(=O)COc1cccc(CN=C(NCC)NCc2ccc(C)cc2OC)c1. The molecule has 0 radical (unpaired) electrons. The molecule has 2 rings (SSSR count). The average Bonchev–Trinajstić information content (AvgIpc) is 2.75. The lowest BCUT2D eigenvalue weighted by atomic mass is 10.1. The molecule has 0 atom stereocenters. The number of hydrogen-bond donors (Lipinski definition) is 3. The van der Waals surface area contributed by atoms with Crippen LogP contribution in [0, 0.1) is 6.92 Å². The lowest BCUT2D eigenvalue weighted by molar-refractivity contribution is -0.122. The highest BCUT2D eigenvalue weighted by Gasteiger charge is 2.06. The molecule has 30 heavy (non-hydrogen) atoms. The van der Waals surface area contributed by atoms with Crippen molar-refractivity contribution in [3.63, 3.8) is 0 Å². The van der Waals surface area contributed by atoms with Crippen LogP contribution in [-0.4, -0.2) is 38.7 Å². The second kappa shape index (κ2) is 12.4. The van der Waals surface area contributed by atoms with Gasteiger partial charge in [0, 0.05) is 25.2 Å². The predicted molar refractivity (Wildman–Crippen MR) is 120 cm³/mol. The molecule has 7 heteroatoms. The van der Waals surface area contributed by atoms with Gasteiger partial charge in [-0.1, -0.05) is 24.3 Å². The van der Waals surface area contributed by atoms with Gasteiger partial charge in [0.15, 0.2) is 12.6 Å². The lowest BCUT2D eigenvalue weighted by Crippen LogP contribution is -2.36. The molecule has 0 aliphatic carbocycles. The molecular formula is C23H32N4O3. The Kier molecular flexibility index (Phi) is 9.51.